The first kappa shape index (κ1) is 76.2. The Bertz CT molecular complexity index is 2850. The van der Waals surface area contributed by atoms with Gasteiger partial charge in [0, 0.05) is 59.9 Å². The summed E-state index contributed by atoms with van der Waals surface area (Å²) in [7, 11) is 6.11. The monoisotopic (exact) mass is 1300 g/mol. The van der Waals surface area contributed by atoms with Crippen LogP contribution in [0.4, 0.5) is 20.1 Å². The molecule has 1 heterocycles. The highest BCUT2D eigenvalue weighted by Crippen LogP contribution is 2.52. The number of likely N-dealkylation sites (tertiary alicyclic amines) is 1. The minimum atomic E-state index is -1.09. The second kappa shape index (κ2) is 36.8. The molecule has 1 saturated heterocycles. The predicted molar refractivity (Wildman–Crippen MR) is 352 cm³/mol. The largest absolute Gasteiger partial charge is 0.449 e. The van der Waals surface area contributed by atoms with E-state index in [1.165, 1.54) is 26.2 Å². The Hall–Kier alpha value is -7.49. The van der Waals surface area contributed by atoms with Crippen LogP contribution in [0.2, 0.25) is 0 Å². The molecular weight excluding hydrogens is 1190 g/mol. The van der Waals surface area contributed by atoms with E-state index < -0.39 is 120 Å². The van der Waals surface area contributed by atoms with Crippen LogP contribution in [0.1, 0.15) is 151 Å². The van der Waals surface area contributed by atoms with Crippen LogP contribution in [0, 0.1) is 59.2 Å². The van der Waals surface area contributed by atoms with Gasteiger partial charge in [0.25, 0.3) is 0 Å². The number of fused-ring (bicyclic) bond motifs is 1. The molecule has 24 nitrogen and oxygen atoms in total. The first-order valence-corrected chi connectivity index (χ1v) is 33.1. The maximum Gasteiger partial charge on any atom is 0.410 e. The van der Waals surface area contributed by atoms with Crippen molar-refractivity contribution < 1.29 is 67.2 Å². The number of nitrogens with two attached hydrogens (primary N) is 1. The molecule has 0 bridgehead atoms. The summed E-state index contributed by atoms with van der Waals surface area (Å²) in [4.78, 5) is 128. The summed E-state index contributed by atoms with van der Waals surface area (Å²) in [5.41, 5.74) is 6.83. The van der Waals surface area contributed by atoms with E-state index in [4.69, 9.17) is 24.7 Å². The van der Waals surface area contributed by atoms with Crippen LogP contribution in [-0.4, -0.2) is 176 Å². The molecule has 24 heteroatoms. The number of nitrogens with one attached hydrogen (secondary N) is 6. The molecule has 3 aliphatic rings. The van der Waals surface area contributed by atoms with E-state index in [-0.39, 0.29) is 68.6 Å². The number of carbonyl (C=O) groups excluding carboxylic acids is 9. The zero-order valence-electron chi connectivity index (χ0n) is 57.2. The smallest absolute Gasteiger partial charge is 0.410 e. The van der Waals surface area contributed by atoms with Gasteiger partial charge in [-0.15, -0.1) is 11.8 Å². The molecule has 15 atom stereocenters. The van der Waals surface area contributed by atoms with Crippen LogP contribution in [0.5, 0.6) is 0 Å². The van der Waals surface area contributed by atoms with Crippen LogP contribution in [-0.2, 0) is 54.3 Å². The van der Waals surface area contributed by atoms with Gasteiger partial charge in [0.15, 0.2) is 0 Å². The van der Waals surface area contributed by atoms with Gasteiger partial charge in [-0.2, -0.15) is 0 Å². The fourth-order valence-electron chi connectivity index (χ4n) is 13.1. The number of hydrogen-bond acceptors (Lipinski definition) is 14. The number of primary amides is 1. The van der Waals surface area contributed by atoms with Gasteiger partial charge in [0.05, 0.1) is 55.4 Å². The molecule has 5 rings (SSSR count). The molecule has 2 fully saturated rings. The molecular formula is C69H106N10O14. The molecule has 1 aliphatic heterocycles. The van der Waals surface area contributed by atoms with Crippen molar-refractivity contribution in [2.24, 2.45) is 53.1 Å². The minimum Gasteiger partial charge on any atom is -0.449 e. The highest BCUT2D eigenvalue weighted by molar-refractivity contribution is 5.98. The summed E-state index contributed by atoms with van der Waals surface area (Å²) in [6, 6.07) is 8.89. The number of alkyl carbamates (subject to hydrolysis) is 1. The zero-order valence-corrected chi connectivity index (χ0v) is 57.2. The Morgan fingerprint density at radius 3 is 1.92 bits per heavy atom. The number of amides is 10. The quantitative estimate of drug-likeness (QED) is 0.0269. The lowest BCUT2D eigenvalue weighted by atomic mass is 9.89. The molecule has 0 aromatic heterocycles. The van der Waals surface area contributed by atoms with Crippen molar-refractivity contribution in [2.75, 3.05) is 53.3 Å². The van der Waals surface area contributed by atoms with Crippen molar-refractivity contribution in [3.63, 3.8) is 0 Å². The average molecular weight is 1300 g/mol. The highest BCUT2D eigenvalue weighted by Gasteiger charge is 2.50. The van der Waals surface area contributed by atoms with Crippen molar-refractivity contribution in [1.82, 2.24) is 41.3 Å². The first-order chi connectivity index (χ1) is 44.1. The fraction of sp³-hybridized carbons (Fsp3) is 0.667. The van der Waals surface area contributed by atoms with Gasteiger partial charge in [0.2, 0.25) is 35.4 Å². The normalized spacial score (nSPS) is 20.3. The third-order valence-electron chi connectivity index (χ3n) is 18.7. The van der Waals surface area contributed by atoms with Crippen LogP contribution in [0.3, 0.4) is 0 Å². The van der Waals surface area contributed by atoms with Gasteiger partial charge >= 0.3 is 18.2 Å². The van der Waals surface area contributed by atoms with E-state index in [2.05, 4.69) is 43.7 Å². The molecule has 2 aromatic rings. The summed E-state index contributed by atoms with van der Waals surface area (Å²) in [5, 5.41) is 27.6. The number of anilines is 1. The zero-order chi connectivity index (χ0) is 68.8. The first-order valence-electron chi connectivity index (χ1n) is 33.1. The van der Waals surface area contributed by atoms with Gasteiger partial charge in [0.1, 0.15) is 30.8 Å². The number of methoxy groups -OCH3 is 2. The average Bonchev–Trinajstić information content (AvgIpc) is 1.66. The summed E-state index contributed by atoms with van der Waals surface area (Å²) >= 11 is 0. The van der Waals surface area contributed by atoms with Crippen LogP contribution in [0.25, 0.3) is 0 Å². The van der Waals surface area contributed by atoms with E-state index in [0.29, 0.717) is 54.5 Å². The lowest BCUT2D eigenvalue weighted by Crippen LogP contribution is -2.60. The van der Waals surface area contributed by atoms with Crippen LogP contribution in [0.15, 0.2) is 54.6 Å². The third kappa shape index (κ3) is 21.8. The molecule has 93 heavy (non-hydrogen) atoms. The molecule has 9 N–H and O–H groups in total. The topological polar surface area (TPSA) is 319 Å². The van der Waals surface area contributed by atoms with E-state index >= 15 is 0 Å². The van der Waals surface area contributed by atoms with Gasteiger partial charge < -0.3 is 71.5 Å². The number of aliphatic hydroxyl groups excluding tert-OH is 1. The lowest BCUT2D eigenvalue weighted by molar-refractivity contribution is -0.148. The standard InChI is InChI=1S/C69H106N10O14/c1-15-43(8)59(54(90-13)37-55(80)79-36-24-30-53(79)61(91-14)44(9)62(82)72-45(10)60(81)47-25-19-18-20-26-47)77(11)66(86)57(41(4)5)75-65(85)58(42(6)7)78(12)69(89)93-38-46-31-33-48(34-32-46)73-63(83)52(29-23-35-71-67(70)87)74-64(84)56(40(2)3)76-68(88)92-39-51-49-27-21-16-17-22-28-50(49)51/h18-20,25-26,31-34,40-45,49-54,56-61,81H,15,21-24,27-30,35-39H2,1-14H3,(H,72,82)(H,73,83)(H,74,84)(H,75,85)(H,76,88)(H3,70,71,87)/t43-,44+,45+,49-,50+,51?,52+,53-,54?,56-,57+,58?,59-,60+,61+/m0/s1. The van der Waals surface area contributed by atoms with Gasteiger partial charge in [-0.05, 0) is 110 Å². The summed E-state index contributed by atoms with van der Waals surface area (Å²) in [6.07, 6.45) is 1.90. The number of carbonyl (C=O) groups is 9. The maximum atomic E-state index is 14.8. The maximum absolute atomic E-state index is 14.8. The van der Waals surface area contributed by atoms with Crippen molar-refractivity contribution in [3.8, 4) is 11.8 Å². The van der Waals surface area contributed by atoms with Crippen LogP contribution >= 0.6 is 0 Å². The van der Waals surface area contributed by atoms with Crippen molar-refractivity contribution in [3.05, 3.63) is 65.7 Å². The minimum absolute atomic E-state index is 0.0848. The number of likely N-dealkylation sites (N-methyl/N-ethyl adjacent to an activating group) is 2. The number of nitrogens with zero attached hydrogens (tertiary/aromatic N) is 3. The Kier molecular flexibility index (Phi) is 30.2. The van der Waals surface area contributed by atoms with E-state index in [1.807, 2.05) is 45.9 Å². The van der Waals surface area contributed by atoms with Crippen molar-refractivity contribution >= 4 is 59.3 Å². The van der Waals surface area contributed by atoms with Crippen molar-refractivity contribution in [2.45, 2.75) is 201 Å². The van der Waals surface area contributed by atoms with E-state index in [0.717, 1.165) is 25.7 Å². The van der Waals surface area contributed by atoms with Gasteiger partial charge in [-0.25, -0.2) is 14.4 Å². The molecule has 516 valence electrons. The molecule has 2 aromatic carbocycles. The Morgan fingerprint density at radius 1 is 0.720 bits per heavy atom. The lowest BCUT2D eigenvalue weighted by Gasteiger charge is -2.41. The summed E-state index contributed by atoms with van der Waals surface area (Å²) < 4.78 is 23.4. The second-order valence-electron chi connectivity index (χ2n) is 26.4. The Labute approximate surface area is 550 Å². The number of hydrogen-bond donors (Lipinski definition) is 8. The number of benzene rings is 2. The SMILES string of the molecule is CC[C@H](C)[C@@H](C(CC(=O)N1CCC[C@H]1[C@H](OC)[C@@H](C)C(=O)N[C@H](C)[C@@H](O)c1ccccc1)OC)N(C)C(=O)[C@H](NC(=O)C(C(C)C)N(C)C(=O)OCc1ccc(NC(=O)[C@@H](CCCNC(N)=O)NC(=O)[C@@H](NC(=O)OCC2[C@H]3CCC#CCC[C@@H]23)C(C)C)cc1)C(C)C. The van der Waals surface area contributed by atoms with Crippen LogP contribution < -0.4 is 37.6 Å². The highest BCUT2D eigenvalue weighted by atomic mass is 16.6. The fourth-order valence-corrected chi connectivity index (χ4v) is 13.1. The summed E-state index contributed by atoms with van der Waals surface area (Å²) in [5.74, 6) is 2.76. The second-order valence-corrected chi connectivity index (χ2v) is 26.4. The molecule has 3 unspecified atom stereocenters. The van der Waals surface area contributed by atoms with E-state index in [1.54, 1.807) is 94.8 Å². The number of urea groups is 1. The Morgan fingerprint density at radius 2 is 1.35 bits per heavy atom. The van der Waals surface area contributed by atoms with E-state index in [9.17, 15) is 48.3 Å². The predicted octanol–water partition coefficient (Wildman–Crippen LogP) is 6.64. The molecule has 0 spiro atoms. The number of aliphatic hydroxyl groups is 1. The summed E-state index contributed by atoms with van der Waals surface area (Å²) in [6.45, 7) is 18.7. The molecule has 10 amide bonds. The van der Waals surface area contributed by atoms with Gasteiger partial charge in [-0.3, -0.25) is 33.7 Å². The molecule has 0 radical (unpaired) electrons. The van der Waals surface area contributed by atoms with Gasteiger partial charge in [-0.1, -0.05) is 111 Å². The Balaban J connectivity index is 1.18. The number of rotatable bonds is 34. The molecule has 2 aliphatic carbocycles. The van der Waals surface area contributed by atoms with Crippen molar-refractivity contribution in [1.29, 1.82) is 0 Å². The molecule has 1 saturated carbocycles. The third-order valence-corrected chi connectivity index (χ3v) is 18.7. The number of ether oxygens (including phenoxy) is 4.